The smallest absolute Gasteiger partial charge is 0.211 e. The van der Waals surface area contributed by atoms with Crippen molar-refractivity contribution in [3.8, 4) is 0 Å². The van der Waals surface area contributed by atoms with Crippen molar-refractivity contribution in [2.45, 2.75) is 37.3 Å². The van der Waals surface area contributed by atoms with Gasteiger partial charge < -0.3 is 40.8 Å². The number of H-pyrrole nitrogens is 1. The second-order valence-corrected chi connectivity index (χ2v) is 8.34. The van der Waals surface area contributed by atoms with E-state index in [4.69, 9.17) is 15.9 Å². The van der Waals surface area contributed by atoms with Gasteiger partial charge >= 0.3 is 0 Å². The van der Waals surface area contributed by atoms with E-state index in [0.717, 1.165) is 10.5 Å². The minimum atomic E-state index is -1.55. The third kappa shape index (κ3) is 5.48. The van der Waals surface area contributed by atoms with Crippen LogP contribution >= 0.6 is 22.6 Å². The average molecular weight is 558 g/mol. The van der Waals surface area contributed by atoms with E-state index in [2.05, 4.69) is 65.5 Å². The van der Waals surface area contributed by atoms with Crippen LogP contribution in [0, 0.1) is 3.57 Å². The molecule has 2 unspecified atom stereocenters. The maximum absolute atomic E-state index is 10.3. The van der Waals surface area contributed by atoms with Crippen LogP contribution < -0.4 is 5.73 Å². The zero-order valence-corrected chi connectivity index (χ0v) is 19.1. The number of ether oxygens (including phenoxy) is 1. The van der Waals surface area contributed by atoms with Gasteiger partial charge in [0.05, 0.1) is 6.33 Å². The van der Waals surface area contributed by atoms with Crippen molar-refractivity contribution in [2.75, 3.05) is 12.8 Å². The summed E-state index contributed by atoms with van der Waals surface area (Å²) >= 11 is 2.29. The molecule has 1 amide bonds. The monoisotopic (exact) mass is 558 g/mol. The summed E-state index contributed by atoms with van der Waals surface area (Å²) in [7, 11) is 1.28. The molecule has 172 valence electrons. The highest BCUT2D eigenvalue weighted by Gasteiger charge is 2.46. The van der Waals surface area contributed by atoms with Crippen molar-refractivity contribution < 1.29 is 30.0 Å². The average Bonchev–Trinajstić information content (AvgIpc) is 3.34. The van der Waals surface area contributed by atoms with Crippen LogP contribution in [-0.2, 0) is 16.0 Å². The molecule has 0 bridgehead atoms. The highest BCUT2D eigenvalue weighted by Crippen LogP contribution is 2.22. The quantitative estimate of drug-likeness (QED) is 0.128. The van der Waals surface area contributed by atoms with E-state index in [1.54, 1.807) is 6.33 Å². The molecule has 1 aliphatic heterocycles. The van der Waals surface area contributed by atoms with Crippen LogP contribution in [0.4, 0.5) is 5.82 Å². The Bertz CT molecular complexity index is 1070. The zero-order valence-electron chi connectivity index (χ0n) is 16.9. The molecule has 5 atom stereocenters. The van der Waals surface area contributed by atoms with Crippen LogP contribution in [0.3, 0.4) is 0 Å². The molecule has 3 heterocycles. The number of aromatic amines is 1. The second kappa shape index (κ2) is 10.5. The first-order valence-electron chi connectivity index (χ1n) is 9.46. The van der Waals surface area contributed by atoms with Gasteiger partial charge in [-0.15, -0.1) is 0 Å². The summed E-state index contributed by atoms with van der Waals surface area (Å²) in [6, 6.07) is 8.23. The number of nitrogens with zero attached hydrogens (tertiary/aromatic N) is 4. The molecule has 12 nitrogen and oxygen atoms in total. The van der Waals surface area contributed by atoms with Gasteiger partial charge in [0, 0.05) is 17.0 Å². The van der Waals surface area contributed by atoms with E-state index >= 15 is 0 Å². The number of nitrogens with one attached hydrogen (secondary N) is 1. The lowest BCUT2D eigenvalue weighted by Crippen LogP contribution is -2.46. The summed E-state index contributed by atoms with van der Waals surface area (Å²) < 4.78 is 5.87. The predicted octanol–water partition coefficient (Wildman–Crippen LogP) is -1.04. The number of aliphatic hydroxyl groups excluding tert-OH is 4. The predicted molar refractivity (Wildman–Crippen MR) is 121 cm³/mol. The number of likely N-dealkylation sites (N-methyl/N-ethyl adjacent to an activating group) is 1. The van der Waals surface area contributed by atoms with Gasteiger partial charge in [-0.05, 0) is 40.3 Å². The standard InChI is InChI=1S/C12H10IN5.C7H13NO6/c13-8-3-1-2-7(4-8)5-9-17-11(14)10-12(18-9)16-6-15-10;1-8(2-9)6(12)5-3(10)4(11)7(13)14-5/h1-4,6H,5H2,(H3,14,15,16,17,18);2-7,10-13H,1H3/t;3-,4+,5-,6?,7?/m.0/s1. The highest BCUT2D eigenvalue weighted by atomic mass is 127. The van der Waals surface area contributed by atoms with Crippen molar-refractivity contribution in [2.24, 2.45) is 0 Å². The molecule has 0 saturated carbocycles. The van der Waals surface area contributed by atoms with Crippen LogP contribution in [0.5, 0.6) is 0 Å². The Kier molecular flexibility index (Phi) is 7.91. The van der Waals surface area contributed by atoms with E-state index in [1.165, 1.54) is 10.6 Å². The van der Waals surface area contributed by atoms with Gasteiger partial charge in [-0.2, -0.15) is 0 Å². The number of rotatable bonds is 5. The molecule has 1 saturated heterocycles. The molecule has 32 heavy (non-hydrogen) atoms. The molecule has 0 aliphatic carbocycles. The lowest BCUT2D eigenvalue weighted by molar-refractivity contribution is -0.171. The van der Waals surface area contributed by atoms with Crippen molar-refractivity contribution in [1.82, 2.24) is 24.8 Å². The van der Waals surface area contributed by atoms with E-state index in [-0.39, 0.29) is 0 Å². The summed E-state index contributed by atoms with van der Waals surface area (Å²) in [6.07, 6.45) is -4.50. The molecule has 0 radical (unpaired) electrons. The third-order valence-corrected chi connectivity index (χ3v) is 5.43. The van der Waals surface area contributed by atoms with Crippen molar-refractivity contribution in [3.63, 3.8) is 0 Å². The van der Waals surface area contributed by atoms with Crippen LogP contribution in [0.1, 0.15) is 11.4 Å². The van der Waals surface area contributed by atoms with E-state index in [0.29, 0.717) is 35.6 Å². The number of carbonyl (C=O) groups is 1. The number of amides is 1. The SMILES string of the molecule is CN(C=O)C(O)[C@H]1OC(O)[C@H](O)[C@@H]1O.Nc1nc(Cc2cccc(I)c2)nc2nc[nH]c12. The summed E-state index contributed by atoms with van der Waals surface area (Å²) in [6.45, 7) is 0. The number of carbonyl (C=O) groups excluding carboxylic acids is 1. The molecule has 7 N–H and O–H groups in total. The Hall–Kier alpha value is -2.43. The van der Waals surface area contributed by atoms with Gasteiger partial charge in [0.2, 0.25) is 6.41 Å². The molecular formula is C19H23IN6O6. The van der Waals surface area contributed by atoms with Gasteiger partial charge in [0.15, 0.2) is 24.0 Å². The molecule has 1 fully saturated rings. The lowest BCUT2D eigenvalue weighted by atomic mass is 10.1. The van der Waals surface area contributed by atoms with E-state index < -0.39 is 30.8 Å². The highest BCUT2D eigenvalue weighted by molar-refractivity contribution is 14.1. The minimum Gasteiger partial charge on any atom is -0.387 e. The second-order valence-electron chi connectivity index (χ2n) is 7.09. The maximum Gasteiger partial charge on any atom is 0.211 e. The summed E-state index contributed by atoms with van der Waals surface area (Å²) in [5.41, 5.74) is 8.33. The first-order chi connectivity index (χ1) is 15.2. The van der Waals surface area contributed by atoms with Crippen molar-refractivity contribution in [3.05, 3.63) is 45.6 Å². The number of nitrogen functional groups attached to an aromatic ring is 1. The first kappa shape index (κ1) is 24.2. The van der Waals surface area contributed by atoms with Gasteiger partial charge in [0.25, 0.3) is 0 Å². The number of halogens is 1. The van der Waals surface area contributed by atoms with Crippen LogP contribution in [-0.4, -0.2) is 89.5 Å². The summed E-state index contributed by atoms with van der Waals surface area (Å²) in [5.74, 6) is 1.13. The molecule has 4 rings (SSSR count). The number of anilines is 1. The molecule has 2 aromatic heterocycles. The molecular weight excluding hydrogens is 535 g/mol. The summed E-state index contributed by atoms with van der Waals surface area (Å²) in [4.78, 5) is 26.8. The van der Waals surface area contributed by atoms with Crippen LogP contribution in [0.15, 0.2) is 30.6 Å². The van der Waals surface area contributed by atoms with Crippen LogP contribution in [0.25, 0.3) is 11.2 Å². The van der Waals surface area contributed by atoms with Crippen LogP contribution in [0.2, 0.25) is 0 Å². The summed E-state index contributed by atoms with van der Waals surface area (Å²) in [5, 5.41) is 36.8. The number of imidazole rings is 1. The molecule has 1 aromatic carbocycles. The number of aromatic nitrogens is 4. The maximum atomic E-state index is 10.3. The van der Waals surface area contributed by atoms with E-state index in [1.807, 2.05) is 6.07 Å². The number of hydrogen-bond donors (Lipinski definition) is 6. The van der Waals surface area contributed by atoms with Gasteiger partial charge in [-0.25, -0.2) is 15.0 Å². The molecule has 0 spiro atoms. The Morgan fingerprint density at radius 3 is 2.69 bits per heavy atom. The third-order valence-electron chi connectivity index (χ3n) is 4.76. The van der Waals surface area contributed by atoms with Crippen molar-refractivity contribution >= 4 is 46.0 Å². The number of fused-ring (bicyclic) bond motifs is 1. The minimum absolute atomic E-state index is 0.345. The Labute approximate surface area is 196 Å². The Morgan fingerprint density at radius 1 is 1.31 bits per heavy atom. The zero-order chi connectivity index (χ0) is 23.4. The Morgan fingerprint density at radius 2 is 2.06 bits per heavy atom. The van der Waals surface area contributed by atoms with Crippen molar-refractivity contribution in [1.29, 1.82) is 0 Å². The topological polar surface area (TPSA) is 191 Å². The molecule has 13 heteroatoms. The largest absolute Gasteiger partial charge is 0.387 e. The van der Waals surface area contributed by atoms with E-state index in [9.17, 15) is 15.0 Å². The van der Waals surface area contributed by atoms with Gasteiger partial charge in [-0.3, -0.25) is 4.79 Å². The molecule has 1 aliphatic rings. The molecule has 3 aromatic rings. The fourth-order valence-electron chi connectivity index (χ4n) is 3.04. The Balaban J connectivity index is 0.000000188. The number of hydrogen-bond acceptors (Lipinski definition) is 10. The number of benzene rings is 1. The fraction of sp³-hybridized carbons (Fsp3) is 0.368. The number of aliphatic hydroxyl groups is 4. The normalized spacial score (nSPS) is 23.4. The lowest BCUT2D eigenvalue weighted by Gasteiger charge is -2.26. The number of nitrogens with two attached hydrogens (primary N) is 1. The van der Waals surface area contributed by atoms with Gasteiger partial charge in [0.1, 0.15) is 29.7 Å². The fourth-order valence-corrected chi connectivity index (χ4v) is 3.64. The van der Waals surface area contributed by atoms with Gasteiger partial charge in [-0.1, -0.05) is 12.1 Å². The first-order valence-corrected chi connectivity index (χ1v) is 10.5.